The van der Waals surface area contributed by atoms with E-state index in [4.69, 9.17) is 14.0 Å². The summed E-state index contributed by atoms with van der Waals surface area (Å²) in [5.41, 5.74) is 2.88. The molecule has 2 aromatic carbocycles. The maximum atomic E-state index is 13.0. The van der Waals surface area contributed by atoms with Gasteiger partial charge in [-0.15, -0.1) is 0 Å². The average Bonchev–Trinajstić information content (AvgIpc) is 3.43. The van der Waals surface area contributed by atoms with Crippen LogP contribution in [0.15, 0.2) is 53.1 Å². The Morgan fingerprint density at radius 3 is 2.41 bits per heavy atom. The van der Waals surface area contributed by atoms with Gasteiger partial charge >= 0.3 is 0 Å². The lowest BCUT2D eigenvalue weighted by Crippen LogP contribution is -2.28. The number of nitrogens with zero attached hydrogens (tertiary/aromatic N) is 1. The standard InChI is InChI=1S/C23H24N2O4/c1-4-15-5-8-17(9-6-15)24-22(26)23(11-12-23)21-14-19(29-25-21)16-7-10-18(27-2)20(13-16)28-3/h5-10,13-14H,4,11-12H2,1-3H3,(H,24,26). The molecule has 0 unspecified atom stereocenters. The Bertz CT molecular complexity index is 1020. The molecule has 1 aromatic heterocycles. The molecule has 4 rings (SSSR count). The lowest BCUT2D eigenvalue weighted by Gasteiger charge is -2.12. The lowest BCUT2D eigenvalue weighted by molar-refractivity contribution is -0.118. The molecule has 0 spiro atoms. The molecular formula is C23H24N2O4. The Hall–Kier alpha value is -3.28. The number of nitrogens with one attached hydrogen (secondary N) is 1. The fourth-order valence-electron chi connectivity index (χ4n) is 3.43. The first-order valence-electron chi connectivity index (χ1n) is 9.69. The molecule has 3 aromatic rings. The van der Waals surface area contributed by atoms with Gasteiger partial charge in [-0.3, -0.25) is 4.79 Å². The van der Waals surface area contributed by atoms with E-state index in [1.165, 1.54) is 5.56 Å². The van der Waals surface area contributed by atoms with Crippen molar-refractivity contribution in [1.82, 2.24) is 5.16 Å². The molecule has 1 saturated carbocycles. The van der Waals surface area contributed by atoms with Gasteiger partial charge < -0.3 is 19.3 Å². The van der Waals surface area contributed by atoms with E-state index < -0.39 is 5.41 Å². The number of hydrogen-bond donors (Lipinski definition) is 1. The second-order valence-electron chi connectivity index (χ2n) is 7.23. The summed E-state index contributed by atoms with van der Waals surface area (Å²) >= 11 is 0. The zero-order valence-corrected chi connectivity index (χ0v) is 16.8. The first-order valence-corrected chi connectivity index (χ1v) is 9.69. The predicted octanol–water partition coefficient (Wildman–Crippen LogP) is 4.59. The molecule has 6 nitrogen and oxygen atoms in total. The topological polar surface area (TPSA) is 73.6 Å². The van der Waals surface area contributed by atoms with E-state index in [9.17, 15) is 4.79 Å². The van der Waals surface area contributed by atoms with Crippen molar-refractivity contribution in [3.63, 3.8) is 0 Å². The molecule has 0 saturated heterocycles. The average molecular weight is 392 g/mol. The first kappa shape index (κ1) is 19.1. The zero-order chi connectivity index (χ0) is 20.4. The molecule has 1 aliphatic carbocycles. The van der Waals surface area contributed by atoms with Crippen molar-refractivity contribution in [3.8, 4) is 22.8 Å². The summed E-state index contributed by atoms with van der Waals surface area (Å²) in [7, 11) is 3.18. The van der Waals surface area contributed by atoms with Crippen molar-refractivity contribution in [1.29, 1.82) is 0 Å². The Morgan fingerprint density at radius 2 is 1.79 bits per heavy atom. The van der Waals surface area contributed by atoms with Crippen LogP contribution >= 0.6 is 0 Å². The van der Waals surface area contributed by atoms with Crippen LogP contribution in [0.25, 0.3) is 11.3 Å². The minimum absolute atomic E-state index is 0.0473. The van der Waals surface area contributed by atoms with E-state index in [-0.39, 0.29) is 5.91 Å². The van der Waals surface area contributed by atoms with E-state index in [1.54, 1.807) is 14.2 Å². The molecule has 6 heteroatoms. The summed E-state index contributed by atoms with van der Waals surface area (Å²) in [5, 5.41) is 7.23. The third kappa shape index (κ3) is 3.58. The van der Waals surface area contributed by atoms with Crippen LogP contribution in [0.2, 0.25) is 0 Å². The molecule has 0 atom stereocenters. The van der Waals surface area contributed by atoms with Crippen molar-refractivity contribution < 1.29 is 18.8 Å². The largest absolute Gasteiger partial charge is 0.493 e. The van der Waals surface area contributed by atoms with E-state index in [2.05, 4.69) is 17.4 Å². The number of aryl methyl sites for hydroxylation is 1. The summed E-state index contributed by atoms with van der Waals surface area (Å²) in [5.74, 6) is 1.79. The Labute approximate surface area is 169 Å². The molecular weight excluding hydrogens is 368 g/mol. The third-order valence-corrected chi connectivity index (χ3v) is 5.47. The normalized spacial score (nSPS) is 14.3. The number of carbonyl (C=O) groups is 1. The Morgan fingerprint density at radius 1 is 1.07 bits per heavy atom. The Kier molecular flexibility index (Phi) is 5.01. The summed E-state index contributed by atoms with van der Waals surface area (Å²) in [4.78, 5) is 13.0. The lowest BCUT2D eigenvalue weighted by atomic mass is 10.00. The van der Waals surface area contributed by atoms with Gasteiger partial charge in [-0.1, -0.05) is 24.2 Å². The van der Waals surface area contributed by atoms with Crippen molar-refractivity contribution in [2.24, 2.45) is 0 Å². The molecule has 0 radical (unpaired) electrons. The van der Waals surface area contributed by atoms with Gasteiger partial charge in [0.25, 0.3) is 0 Å². The molecule has 0 aliphatic heterocycles. The summed E-state index contributed by atoms with van der Waals surface area (Å²) in [6.45, 7) is 2.10. The van der Waals surface area contributed by atoms with Gasteiger partial charge in [0.2, 0.25) is 5.91 Å². The van der Waals surface area contributed by atoms with E-state index in [1.807, 2.05) is 48.5 Å². The number of amides is 1. The fraction of sp³-hybridized carbons (Fsp3) is 0.304. The zero-order valence-electron chi connectivity index (χ0n) is 16.8. The second kappa shape index (κ2) is 7.62. The summed E-state index contributed by atoms with van der Waals surface area (Å²) in [6, 6.07) is 15.3. The van der Waals surface area contributed by atoms with Crippen LogP contribution in [-0.2, 0) is 16.6 Å². The Balaban J connectivity index is 1.54. The monoisotopic (exact) mass is 392 g/mol. The highest BCUT2D eigenvalue weighted by Gasteiger charge is 2.53. The van der Waals surface area contributed by atoms with Crippen molar-refractivity contribution >= 4 is 11.6 Å². The highest BCUT2D eigenvalue weighted by molar-refractivity contribution is 6.01. The van der Waals surface area contributed by atoms with Crippen LogP contribution in [-0.4, -0.2) is 25.3 Å². The smallest absolute Gasteiger partial charge is 0.236 e. The van der Waals surface area contributed by atoms with Crippen LogP contribution < -0.4 is 14.8 Å². The molecule has 1 aliphatic rings. The number of ether oxygens (including phenoxy) is 2. The van der Waals surface area contributed by atoms with Crippen molar-refractivity contribution in [2.75, 3.05) is 19.5 Å². The van der Waals surface area contributed by atoms with Gasteiger partial charge in [0.05, 0.1) is 25.3 Å². The van der Waals surface area contributed by atoms with Crippen LogP contribution in [0.3, 0.4) is 0 Å². The number of anilines is 1. The summed E-state index contributed by atoms with van der Waals surface area (Å²) in [6.07, 6.45) is 2.48. The van der Waals surface area contributed by atoms with Gasteiger partial charge in [0.1, 0.15) is 0 Å². The fourth-order valence-corrected chi connectivity index (χ4v) is 3.43. The van der Waals surface area contributed by atoms with Crippen LogP contribution in [0, 0.1) is 0 Å². The van der Waals surface area contributed by atoms with E-state index in [0.29, 0.717) is 23.0 Å². The predicted molar refractivity (Wildman–Crippen MR) is 110 cm³/mol. The number of benzene rings is 2. The third-order valence-electron chi connectivity index (χ3n) is 5.47. The highest BCUT2D eigenvalue weighted by atomic mass is 16.5. The number of hydrogen-bond acceptors (Lipinski definition) is 5. The minimum Gasteiger partial charge on any atom is -0.493 e. The molecule has 0 bridgehead atoms. The SMILES string of the molecule is CCc1ccc(NC(=O)C2(c3cc(-c4ccc(OC)c(OC)c4)on3)CC2)cc1. The molecule has 150 valence electrons. The highest BCUT2D eigenvalue weighted by Crippen LogP contribution is 2.49. The number of rotatable bonds is 7. The second-order valence-corrected chi connectivity index (χ2v) is 7.23. The number of carbonyl (C=O) groups excluding carboxylic acids is 1. The van der Waals surface area contributed by atoms with Crippen LogP contribution in [0.4, 0.5) is 5.69 Å². The van der Waals surface area contributed by atoms with Crippen molar-refractivity contribution in [2.45, 2.75) is 31.6 Å². The number of methoxy groups -OCH3 is 2. The molecule has 29 heavy (non-hydrogen) atoms. The van der Waals surface area contributed by atoms with Gasteiger partial charge in [-0.2, -0.15) is 0 Å². The molecule has 1 N–H and O–H groups in total. The maximum Gasteiger partial charge on any atom is 0.236 e. The maximum absolute atomic E-state index is 13.0. The summed E-state index contributed by atoms with van der Waals surface area (Å²) < 4.78 is 16.2. The molecule has 1 fully saturated rings. The van der Waals surface area contributed by atoms with Gasteiger partial charge in [0.15, 0.2) is 17.3 Å². The van der Waals surface area contributed by atoms with E-state index in [0.717, 1.165) is 30.5 Å². The van der Waals surface area contributed by atoms with Crippen molar-refractivity contribution in [3.05, 3.63) is 59.8 Å². The molecule has 1 heterocycles. The van der Waals surface area contributed by atoms with Crippen LogP contribution in [0.1, 0.15) is 31.0 Å². The van der Waals surface area contributed by atoms with Crippen LogP contribution in [0.5, 0.6) is 11.5 Å². The van der Waals surface area contributed by atoms with Gasteiger partial charge in [-0.05, 0) is 55.2 Å². The van der Waals surface area contributed by atoms with Gasteiger partial charge in [0, 0.05) is 17.3 Å². The number of aromatic nitrogens is 1. The minimum atomic E-state index is -0.623. The van der Waals surface area contributed by atoms with Gasteiger partial charge in [-0.25, -0.2) is 0 Å². The first-order chi connectivity index (χ1) is 14.1. The quantitative estimate of drug-likeness (QED) is 0.636. The molecule has 1 amide bonds. The van der Waals surface area contributed by atoms with E-state index >= 15 is 0 Å².